The number of hydrogen-bond donors (Lipinski definition) is 0. The van der Waals surface area contributed by atoms with Gasteiger partial charge in [0.25, 0.3) is 0 Å². The lowest BCUT2D eigenvalue weighted by atomic mass is 10.4. The van der Waals surface area contributed by atoms with Crippen molar-refractivity contribution in [3.63, 3.8) is 0 Å². The lowest BCUT2D eigenvalue weighted by Crippen LogP contribution is -2.20. The van der Waals surface area contributed by atoms with Crippen molar-refractivity contribution in [1.82, 2.24) is 14.9 Å². The Kier molecular flexibility index (Phi) is 4.06. The summed E-state index contributed by atoms with van der Waals surface area (Å²) in [7, 11) is 3.75. The van der Waals surface area contributed by atoms with Crippen molar-refractivity contribution in [3.05, 3.63) is 24.2 Å². The summed E-state index contributed by atoms with van der Waals surface area (Å²) in [6, 6.07) is 3.73. The fourth-order valence-corrected chi connectivity index (χ4v) is 1.67. The van der Waals surface area contributed by atoms with Crippen LogP contribution in [0.25, 0.3) is 11.2 Å². The molecule has 0 radical (unpaired) electrons. The van der Waals surface area contributed by atoms with Gasteiger partial charge in [-0.2, -0.15) is 4.98 Å². The maximum absolute atomic E-state index is 5.60. The highest BCUT2D eigenvalue weighted by atomic mass is 16.5. The van der Waals surface area contributed by atoms with Crippen molar-refractivity contribution in [2.75, 3.05) is 27.3 Å². The van der Waals surface area contributed by atoms with Gasteiger partial charge in [-0.15, -0.1) is 0 Å². The third kappa shape index (κ3) is 3.25. The van der Waals surface area contributed by atoms with Crippen LogP contribution < -0.4 is 0 Å². The van der Waals surface area contributed by atoms with Crippen LogP contribution in [0.5, 0.6) is 0 Å². The molecule has 92 valence electrons. The Morgan fingerprint density at radius 2 is 2.35 bits per heavy atom. The van der Waals surface area contributed by atoms with E-state index in [1.54, 1.807) is 13.3 Å². The highest BCUT2D eigenvalue weighted by Crippen LogP contribution is 2.13. The van der Waals surface area contributed by atoms with Crippen molar-refractivity contribution in [1.29, 1.82) is 0 Å². The molecule has 0 saturated carbocycles. The molecule has 0 aliphatic heterocycles. The van der Waals surface area contributed by atoms with Crippen LogP contribution in [0.2, 0.25) is 0 Å². The first-order valence-electron chi connectivity index (χ1n) is 5.67. The Morgan fingerprint density at radius 3 is 3.12 bits per heavy atom. The quantitative estimate of drug-likeness (QED) is 0.713. The number of fused-ring (bicyclic) bond motifs is 1. The van der Waals surface area contributed by atoms with Crippen LogP contribution in [0.3, 0.4) is 0 Å². The summed E-state index contributed by atoms with van der Waals surface area (Å²) in [6.07, 6.45) is 2.72. The van der Waals surface area contributed by atoms with Gasteiger partial charge in [0.05, 0.1) is 6.54 Å². The fraction of sp³-hybridized carbons (Fsp3) is 0.500. The van der Waals surface area contributed by atoms with Gasteiger partial charge in [0.15, 0.2) is 11.2 Å². The van der Waals surface area contributed by atoms with Gasteiger partial charge in [0.1, 0.15) is 0 Å². The van der Waals surface area contributed by atoms with E-state index in [1.807, 2.05) is 19.2 Å². The van der Waals surface area contributed by atoms with Crippen molar-refractivity contribution in [2.24, 2.45) is 0 Å². The predicted molar refractivity (Wildman–Crippen MR) is 64.6 cm³/mol. The van der Waals surface area contributed by atoms with Gasteiger partial charge in [-0.25, -0.2) is 4.98 Å². The molecule has 0 N–H and O–H groups in total. The molecule has 2 aromatic rings. The minimum absolute atomic E-state index is 0.674. The van der Waals surface area contributed by atoms with Gasteiger partial charge in [-0.05, 0) is 25.6 Å². The first-order chi connectivity index (χ1) is 8.29. The molecule has 17 heavy (non-hydrogen) atoms. The molecule has 2 rings (SSSR count). The van der Waals surface area contributed by atoms with Crippen LogP contribution in [-0.2, 0) is 11.3 Å². The largest absolute Gasteiger partial charge is 0.438 e. The monoisotopic (exact) mass is 235 g/mol. The molecule has 0 aromatic carbocycles. The molecule has 0 aliphatic rings. The first kappa shape index (κ1) is 12.0. The van der Waals surface area contributed by atoms with Gasteiger partial charge < -0.3 is 9.15 Å². The Balaban J connectivity index is 1.93. The summed E-state index contributed by atoms with van der Waals surface area (Å²) in [5, 5.41) is 0. The third-order valence-electron chi connectivity index (χ3n) is 2.50. The zero-order chi connectivity index (χ0) is 12.1. The molecule has 0 unspecified atom stereocenters. The molecule has 2 aromatic heterocycles. The summed E-state index contributed by atoms with van der Waals surface area (Å²) in [6.45, 7) is 2.43. The molecule has 2 heterocycles. The van der Waals surface area contributed by atoms with Crippen LogP contribution >= 0.6 is 0 Å². The van der Waals surface area contributed by atoms with Crippen LogP contribution in [0.4, 0.5) is 0 Å². The number of aromatic nitrogens is 2. The van der Waals surface area contributed by atoms with Crippen LogP contribution in [0, 0.1) is 0 Å². The average Bonchev–Trinajstić information content (AvgIpc) is 2.71. The lowest BCUT2D eigenvalue weighted by molar-refractivity contribution is 0.175. The van der Waals surface area contributed by atoms with E-state index in [2.05, 4.69) is 14.9 Å². The lowest BCUT2D eigenvalue weighted by Gasteiger charge is -2.13. The van der Waals surface area contributed by atoms with Crippen LogP contribution in [0.1, 0.15) is 12.3 Å². The SMILES string of the molecule is COCCCN(C)Cc1nc2ncccc2o1. The summed E-state index contributed by atoms with van der Waals surface area (Å²) >= 11 is 0. The second-order valence-electron chi connectivity index (χ2n) is 4.02. The van der Waals surface area contributed by atoms with E-state index < -0.39 is 0 Å². The van der Waals surface area contributed by atoms with Crippen molar-refractivity contribution >= 4 is 11.2 Å². The van der Waals surface area contributed by atoms with Gasteiger partial charge in [-0.3, -0.25) is 4.90 Å². The normalized spacial score (nSPS) is 11.5. The Hall–Kier alpha value is -1.46. The number of nitrogens with zero attached hydrogens (tertiary/aromatic N) is 3. The minimum atomic E-state index is 0.674. The maximum Gasteiger partial charge on any atom is 0.211 e. The van der Waals surface area contributed by atoms with Gasteiger partial charge in [0.2, 0.25) is 5.89 Å². The van der Waals surface area contributed by atoms with Gasteiger partial charge in [0, 0.05) is 26.5 Å². The van der Waals surface area contributed by atoms with Crippen molar-refractivity contribution < 1.29 is 9.15 Å². The van der Waals surface area contributed by atoms with E-state index in [1.165, 1.54) is 0 Å². The number of methoxy groups -OCH3 is 1. The van der Waals surface area contributed by atoms with Gasteiger partial charge >= 0.3 is 0 Å². The molecule has 0 amide bonds. The number of hydrogen-bond acceptors (Lipinski definition) is 5. The van der Waals surface area contributed by atoms with E-state index in [0.717, 1.165) is 25.2 Å². The van der Waals surface area contributed by atoms with E-state index in [9.17, 15) is 0 Å². The van der Waals surface area contributed by atoms with E-state index in [0.29, 0.717) is 18.1 Å². The van der Waals surface area contributed by atoms with Crippen LogP contribution in [0.15, 0.2) is 22.7 Å². The molecular formula is C12H17N3O2. The molecule has 5 heteroatoms. The average molecular weight is 235 g/mol. The fourth-order valence-electron chi connectivity index (χ4n) is 1.67. The van der Waals surface area contributed by atoms with Crippen molar-refractivity contribution in [3.8, 4) is 0 Å². The second kappa shape index (κ2) is 5.75. The molecular weight excluding hydrogens is 218 g/mol. The molecule has 0 bridgehead atoms. The molecule has 0 aliphatic carbocycles. The number of ether oxygens (including phenoxy) is 1. The maximum atomic E-state index is 5.60. The molecule has 0 spiro atoms. The molecule has 0 fully saturated rings. The van der Waals surface area contributed by atoms with Gasteiger partial charge in [-0.1, -0.05) is 0 Å². The van der Waals surface area contributed by atoms with E-state index in [4.69, 9.17) is 9.15 Å². The number of oxazole rings is 1. The summed E-state index contributed by atoms with van der Waals surface area (Å²) in [5.74, 6) is 0.707. The Bertz CT molecular complexity index is 436. The highest BCUT2D eigenvalue weighted by molar-refractivity contribution is 5.66. The zero-order valence-corrected chi connectivity index (χ0v) is 10.2. The summed E-state index contributed by atoms with van der Waals surface area (Å²) < 4.78 is 10.6. The predicted octanol–water partition coefficient (Wildman–Crippen LogP) is 1.69. The second-order valence-corrected chi connectivity index (χ2v) is 4.02. The smallest absolute Gasteiger partial charge is 0.211 e. The highest BCUT2D eigenvalue weighted by Gasteiger charge is 2.08. The summed E-state index contributed by atoms with van der Waals surface area (Å²) in [5.41, 5.74) is 1.42. The first-order valence-corrected chi connectivity index (χ1v) is 5.67. The number of rotatable bonds is 6. The number of pyridine rings is 1. The third-order valence-corrected chi connectivity index (χ3v) is 2.50. The molecule has 0 atom stereocenters. The standard InChI is InChI=1S/C12H17N3O2/c1-15(7-4-8-16-2)9-11-14-12-10(17-11)5-3-6-13-12/h3,5-6H,4,7-9H2,1-2H3. The molecule has 0 saturated heterocycles. The zero-order valence-electron chi connectivity index (χ0n) is 10.2. The summed E-state index contributed by atoms with van der Waals surface area (Å²) in [4.78, 5) is 10.6. The van der Waals surface area contributed by atoms with Crippen LogP contribution in [-0.4, -0.2) is 42.2 Å². The molecule has 5 nitrogen and oxygen atoms in total. The minimum Gasteiger partial charge on any atom is -0.438 e. The van der Waals surface area contributed by atoms with E-state index >= 15 is 0 Å². The van der Waals surface area contributed by atoms with E-state index in [-0.39, 0.29) is 0 Å². The Labute approximate surface area is 100 Å². The van der Waals surface area contributed by atoms with Crippen molar-refractivity contribution in [2.45, 2.75) is 13.0 Å². The topological polar surface area (TPSA) is 51.4 Å². The Morgan fingerprint density at radius 1 is 1.47 bits per heavy atom.